The smallest absolute Gasteiger partial charge is 0.268 e. The third kappa shape index (κ3) is 1.92. The molecule has 5 nitrogen and oxygen atoms in total. The number of rotatable bonds is 2. The molecule has 0 radical (unpaired) electrons. The number of fused-ring (bicyclic) bond motifs is 1. The molecule has 0 unspecified atom stereocenters. The number of hydrogen-bond donors (Lipinski definition) is 3. The van der Waals surface area contributed by atoms with Crippen LogP contribution in [-0.4, -0.2) is 10.9 Å². The minimum absolute atomic E-state index is 0.299. The number of hydrazine groups is 1. The minimum atomic E-state index is -0.432. The predicted molar refractivity (Wildman–Crippen MR) is 67.2 cm³/mol. The molecule has 0 spiro atoms. The molecular formula is C12H14N4O. The number of nitrogens with zero attached hydrogens (tertiary/aromatic N) is 1. The van der Waals surface area contributed by atoms with E-state index in [4.69, 9.17) is 11.6 Å². The molecule has 0 aliphatic carbocycles. The molecule has 88 valence electrons. The van der Waals surface area contributed by atoms with E-state index in [2.05, 4.69) is 17.3 Å². The molecule has 17 heavy (non-hydrogen) atoms. The standard InChI is InChI=1S/C12H14N4O/c1-2-7-3-4-10-8(5-7)11(13)9(6-15-10)12(17)16-14/h3-6H,2,14H2,1H3,(H2,13,15)(H,16,17). The van der Waals surface area contributed by atoms with E-state index in [1.165, 1.54) is 6.20 Å². The van der Waals surface area contributed by atoms with Gasteiger partial charge < -0.3 is 5.73 Å². The Hall–Kier alpha value is -2.14. The van der Waals surface area contributed by atoms with Gasteiger partial charge in [0.15, 0.2) is 0 Å². The summed E-state index contributed by atoms with van der Waals surface area (Å²) >= 11 is 0. The highest BCUT2D eigenvalue weighted by atomic mass is 16.2. The van der Waals surface area contributed by atoms with Crippen LogP contribution < -0.4 is 17.0 Å². The first-order valence-electron chi connectivity index (χ1n) is 5.35. The first-order chi connectivity index (χ1) is 8.17. The van der Waals surface area contributed by atoms with Crippen LogP contribution in [0.1, 0.15) is 22.8 Å². The molecule has 0 aliphatic heterocycles. The number of benzene rings is 1. The lowest BCUT2D eigenvalue weighted by Crippen LogP contribution is -2.30. The van der Waals surface area contributed by atoms with Crippen molar-refractivity contribution in [2.24, 2.45) is 5.84 Å². The van der Waals surface area contributed by atoms with Crippen molar-refractivity contribution in [3.63, 3.8) is 0 Å². The molecule has 1 amide bonds. The lowest BCUT2D eigenvalue weighted by molar-refractivity contribution is 0.0954. The Kier molecular flexibility index (Phi) is 2.93. The van der Waals surface area contributed by atoms with Crippen LogP contribution >= 0.6 is 0 Å². The number of aromatic nitrogens is 1. The van der Waals surface area contributed by atoms with Crippen molar-refractivity contribution < 1.29 is 4.79 Å². The molecule has 0 saturated carbocycles. The van der Waals surface area contributed by atoms with Gasteiger partial charge in [-0.1, -0.05) is 13.0 Å². The van der Waals surface area contributed by atoms with E-state index in [1.807, 2.05) is 18.2 Å². The Bertz CT molecular complexity index is 580. The average molecular weight is 230 g/mol. The topological polar surface area (TPSA) is 94.0 Å². The third-order valence-corrected chi connectivity index (χ3v) is 2.76. The number of amides is 1. The van der Waals surface area contributed by atoms with Gasteiger partial charge in [-0.15, -0.1) is 0 Å². The molecule has 0 aliphatic rings. The van der Waals surface area contributed by atoms with Crippen LogP contribution in [-0.2, 0) is 6.42 Å². The second kappa shape index (κ2) is 4.39. The van der Waals surface area contributed by atoms with Gasteiger partial charge in [0.25, 0.3) is 5.91 Å². The molecule has 1 aromatic heterocycles. The van der Waals surface area contributed by atoms with Crippen molar-refractivity contribution in [3.8, 4) is 0 Å². The lowest BCUT2D eigenvalue weighted by Gasteiger charge is -2.08. The molecule has 0 atom stereocenters. The summed E-state index contributed by atoms with van der Waals surface area (Å²) in [5, 5.41) is 0.783. The van der Waals surface area contributed by atoms with E-state index in [1.54, 1.807) is 0 Å². The van der Waals surface area contributed by atoms with Crippen molar-refractivity contribution in [3.05, 3.63) is 35.5 Å². The Labute approximate surface area is 98.8 Å². The first kappa shape index (κ1) is 11.3. The molecular weight excluding hydrogens is 216 g/mol. The third-order valence-electron chi connectivity index (χ3n) is 2.76. The van der Waals surface area contributed by atoms with Crippen LogP contribution in [0.25, 0.3) is 10.9 Å². The molecule has 1 heterocycles. The van der Waals surface area contributed by atoms with Gasteiger partial charge in [-0.3, -0.25) is 15.2 Å². The van der Waals surface area contributed by atoms with Gasteiger partial charge in [0.05, 0.1) is 16.8 Å². The zero-order valence-corrected chi connectivity index (χ0v) is 9.53. The molecule has 2 rings (SSSR count). The van der Waals surface area contributed by atoms with Crippen molar-refractivity contribution in [1.82, 2.24) is 10.4 Å². The Morgan fingerprint density at radius 3 is 2.88 bits per heavy atom. The zero-order chi connectivity index (χ0) is 12.4. The Morgan fingerprint density at radius 2 is 2.24 bits per heavy atom. The van der Waals surface area contributed by atoms with Crippen molar-refractivity contribution in [2.75, 3.05) is 5.73 Å². The highest BCUT2D eigenvalue weighted by molar-refractivity contribution is 6.06. The highest BCUT2D eigenvalue weighted by Crippen LogP contribution is 2.24. The van der Waals surface area contributed by atoms with Crippen LogP contribution in [0.15, 0.2) is 24.4 Å². The zero-order valence-electron chi connectivity index (χ0n) is 9.53. The van der Waals surface area contributed by atoms with Gasteiger partial charge in [-0.05, 0) is 24.1 Å². The fraction of sp³-hybridized carbons (Fsp3) is 0.167. The summed E-state index contributed by atoms with van der Waals surface area (Å²) in [6, 6.07) is 5.84. The first-order valence-corrected chi connectivity index (χ1v) is 5.35. The Morgan fingerprint density at radius 1 is 1.47 bits per heavy atom. The maximum atomic E-state index is 11.5. The molecule has 2 aromatic rings. The van der Waals surface area contributed by atoms with Crippen LogP contribution in [0.3, 0.4) is 0 Å². The summed E-state index contributed by atoms with van der Waals surface area (Å²) in [6.07, 6.45) is 2.34. The van der Waals surface area contributed by atoms with Gasteiger partial charge >= 0.3 is 0 Å². The number of nitrogens with one attached hydrogen (secondary N) is 1. The van der Waals surface area contributed by atoms with Gasteiger partial charge in [-0.2, -0.15) is 0 Å². The number of pyridine rings is 1. The van der Waals surface area contributed by atoms with Gasteiger partial charge in [0, 0.05) is 11.6 Å². The summed E-state index contributed by atoms with van der Waals surface area (Å²) < 4.78 is 0. The number of carbonyl (C=O) groups is 1. The number of anilines is 1. The average Bonchev–Trinajstić information content (AvgIpc) is 2.38. The molecule has 0 fully saturated rings. The maximum Gasteiger partial charge on any atom is 0.268 e. The minimum Gasteiger partial charge on any atom is -0.397 e. The quantitative estimate of drug-likeness (QED) is 0.407. The number of carbonyl (C=O) groups excluding carboxylic acids is 1. The van der Waals surface area contributed by atoms with E-state index in [0.717, 1.165) is 22.9 Å². The monoisotopic (exact) mass is 230 g/mol. The van der Waals surface area contributed by atoms with Gasteiger partial charge in [0.1, 0.15) is 0 Å². The van der Waals surface area contributed by atoms with Crippen molar-refractivity contribution in [2.45, 2.75) is 13.3 Å². The van der Waals surface area contributed by atoms with Crippen molar-refractivity contribution >= 4 is 22.5 Å². The molecule has 0 bridgehead atoms. The molecule has 1 aromatic carbocycles. The number of nitrogen functional groups attached to an aromatic ring is 2. The summed E-state index contributed by atoms with van der Waals surface area (Å²) in [7, 11) is 0. The Balaban J connectivity index is 2.68. The SMILES string of the molecule is CCc1ccc2ncc(C(=O)NN)c(N)c2c1. The molecule has 5 heteroatoms. The molecule has 0 saturated heterocycles. The fourth-order valence-electron chi connectivity index (χ4n) is 1.74. The molecule has 5 N–H and O–H groups in total. The van der Waals surface area contributed by atoms with Gasteiger partial charge in [0.2, 0.25) is 0 Å². The summed E-state index contributed by atoms with van der Waals surface area (Å²) in [4.78, 5) is 15.7. The highest BCUT2D eigenvalue weighted by Gasteiger charge is 2.12. The van der Waals surface area contributed by atoms with E-state index < -0.39 is 5.91 Å². The van der Waals surface area contributed by atoms with E-state index in [9.17, 15) is 4.79 Å². The predicted octanol–water partition coefficient (Wildman–Crippen LogP) is 0.983. The summed E-state index contributed by atoms with van der Waals surface area (Å²) in [6.45, 7) is 2.06. The van der Waals surface area contributed by atoms with Crippen LogP contribution in [0.4, 0.5) is 5.69 Å². The van der Waals surface area contributed by atoms with Crippen LogP contribution in [0.2, 0.25) is 0 Å². The van der Waals surface area contributed by atoms with Crippen LogP contribution in [0, 0.1) is 0 Å². The summed E-state index contributed by atoms with van der Waals surface area (Å²) in [5.41, 5.74) is 10.6. The van der Waals surface area contributed by atoms with E-state index >= 15 is 0 Å². The number of nitrogens with two attached hydrogens (primary N) is 2. The number of aryl methyl sites for hydroxylation is 1. The van der Waals surface area contributed by atoms with E-state index in [0.29, 0.717) is 11.3 Å². The largest absolute Gasteiger partial charge is 0.397 e. The van der Waals surface area contributed by atoms with Gasteiger partial charge in [-0.25, -0.2) is 5.84 Å². The van der Waals surface area contributed by atoms with Crippen LogP contribution in [0.5, 0.6) is 0 Å². The number of hydrogen-bond acceptors (Lipinski definition) is 4. The maximum absolute atomic E-state index is 11.5. The van der Waals surface area contributed by atoms with Crippen molar-refractivity contribution in [1.29, 1.82) is 0 Å². The summed E-state index contributed by atoms with van der Waals surface area (Å²) in [5.74, 6) is 4.66. The second-order valence-corrected chi connectivity index (χ2v) is 3.76. The lowest BCUT2D eigenvalue weighted by atomic mass is 10.1. The fourth-order valence-corrected chi connectivity index (χ4v) is 1.74. The second-order valence-electron chi connectivity index (χ2n) is 3.76. The normalized spacial score (nSPS) is 10.5. The van der Waals surface area contributed by atoms with E-state index in [-0.39, 0.29) is 0 Å².